The molecule has 0 amide bonds. The first kappa shape index (κ1) is 14.7. The summed E-state index contributed by atoms with van der Waals surface area (Å²) in [4.78, 5) is 22.5. The summed E-state index contributed by atoms with van der Waals surface area (Å²) in [5, 5.41) is 0. The summed E-state index contributed by atoms with van der Waals surface area (Å²) >= 11 is 0. The van der Waals surface area contributed by atoms with Gasteiger partial charge >= 0.3 is 5.97 Å². The van der Waals surface area contributed by atoms with Gasteiger partial charge in [-0.15, -0.1) is 12.3 Å². The maximum Gasteiger partial charge on any atom is 0.321 e. The highest BCUT2D eigenvalue weighted by atomic mass is 16.5. The van der Waals surface area contributed by atoms with Crippen molar-refractivity contribution < 1.29 is 19.1 Å². The SMILES string of the molecule is C#CCC.COC(=O)C1(C)COCCC1=O. The summed E-state index contributed by atoms with van der Waals surface area (Å²) in [6.07, 6.45) is 5.92. The fourth-order valence-electron chi connectivity index (χ4n) is 1.20. The summed E-state index contributed by atoms with van der Waals surface area (Å²) in [6, 6.07) is 0. The number of terminal acetylenes is 1. The van der Waals surface area contributed by atoms with Crippen LogP contribution < -0.4 is 0 Å². The normalized spacial score (nSPS) is 23.8. The standard InChI is InChI=1S/C8H12O4.C4H6/c1-8(7(10)11-2)5-12-4-3-6(8)9;1-3-4-2/h3-5H2,1-2H3;1H,4H2,2H3. The number of hydrogen-bond acceptors (Lipinski definition) is 4. The van der Waals surface area contributed by atoms with Crippen LogP contribution in [-0.4, -0.2) is 32.1 Å². The van der Waals surface area contributed by atoms with Crippen molar-refractivity contribution in [3.05, 3.63) is 0 Å². The monoisotopic (exact) mass is 226 g/mol. The Bertz CT molecular complexity index is 280. The molecule has 0 N–H and O–H groups in total. The molecular formula is C12H18O4. The van der Waals surface area contributed by atoms with Crippen molar-refractivity contribution in [2.75, 3.05) is 20.3 Å². The molecule has 0 aliphatic carbocycles. The van der Waals surface area contributed by atoms with Gasteiger partial charge in [-0.1, -0.05) is 6.92 Å². The number of rotatable bonds is 1. The lowest BCUT2D eigenvalue weighted by Gasteiger charge is -2.28. The van der Waals surface area contributed by atoms with Crippen molar-refractivity contribution >= 4 is 11.8 Å². The maximum absolute atomic E-state index is 11.3. The molecule has 1 aliphatic heterocycles. The van der Waals surface area contributed by atoms with E-state index in [0.717, 1.165) is 6.42 Å². The average Bonchev–Trinajstić information content (AvgIpc) is 2.32. The molecule has 1 atom stereocenters. The van der Waals surface area contributed by atoms with Crippen LogP contribution in [0.3, 0.4) is 0 Å². The number of ketones is 1. The smallest absolute Gasteiger partial charge is 0.321 e. The molecule has 1 rings (SSSR count). The van der Waals surface area contributed by atoms with Gasteiger partial charge in [-0.2, -0.15) is 0 Å². The van der Waals surface area contributed by atoms with Crippen molar-refractivity contribution in [2.24, 2.45) is 5.41 Å². The van der Waals surface area contributed by atoms with Crippen LogP contribution in [-0.2, 0) is 19.1 Å². The molecule has 4 nitrogen and oxygen atoms in total. The van der Waals surface area contributed by atoms with Gasteiger partial charge in [0.15, 0.2) is 5.78 Å². The number of carbonyl (C=O) groups excluding carboxylic acids is 2. The van der Waals surface area contributed by atoms with Crippen LogP contribution in [0.2, 0.25) is 0 Å². The quantitative estimate of drug-likeness (QED) is 0.383. The third kappa shape index (κ3) is 3.67. The van der Waals surface area contributed by atoms with Crippen LogP contribution >= 0.6 is 0 Å². The Labute approximate surface area is 96.3 Å². The number of carbonyl (C=O) groups is 2. The number of Topliss-reactive ketones (excluding diaryl/α,β-unsaturated/α-hetero) is 1. The first-order valence-corrected chi connectivity index (χ1v) is 5.15. The molecule has 0 aromatic rings. The molecule has 0 spiro atoms. The van der Waals surface area contributed by atoms with E-state index >= 15 is 0 Å². The highest BCUT2D eigenvalue weighted by Gasteiger charge is 2.44. The second kappa shape index (κ2) is 7.02. The summed E-state index contributed by atoms with van der Waals surface area (Å²) in [5.74, 6) is 1.83. The third-order valence-electron chi connectivity index (χ3n) is 2.32. The minimum atomic E-state index is -1.08. The maximum atomic E-state index is 11.3. The number of hydrogen-bond donors (Lipinski definition) is 0. The van der Waals surface area contributed by atoms with E-state index in [-0.39, 0.29) is 12.4 Å². The highest BCUT2D eigenvalue weighted by Crippen LogP contribution is 2.25. The molecule has 4 heteroatoms. The van der Waals surface area contributed by atoms with Crippen LogP contribution in [0.1, 0.15) is 26.7 Å². The van der Waals surface area contributed by atoms with Crippen LogP contribution in [0.5, 0.6) is 0 Å². The van der Waals surface area contributed by atoms with E-state index in [9.17, 15) is 9.59 Å². The van der Waals surface area contributed by atoms with E-state index in [0.29, 0.717) is 13.0 Å². The topological polar surface area (TPSA) is 52.6 Å². The molecule has 0 aromatic heterocycles. The number of esters is 1. The first-order valence-electron chi connectivity index (χ1n) is 5.15. The van der Waals surface area contributed by atoms with E-state index in [2.05, 4.69) is 10.7 Å². The third-order valence-corrected chi connectivity index (χ3v) is 2.32. The number of methoxy groups -OCH3 is 1. The van der Waals surface area contributed by atoms with Gasteiger partial charge in [0.05, 0.1) is 20.3 Å². The van der Waals surface area contributed by atoms with Crippen LogP contribution in [0.25, 0.3) is 0 Å². The van der Waals surface area contributed by atoms with Crippen LogP contribution in [0, 0.1) is 17.8 Å². The second-order valence-electron chi connectivity index (χ2n) is 3.61. The molecular weight excluding hydrogens is 208 g/mol. The van der Waals surface area contributed by atoms with Crippen molar-refractivity contribution in [1.82, 2.24) is 0 Å². The predicted octanol–water partition coefficient (Wildman–Crippen LogP) is 1.18. The molecule has 1 saturated heterocycles. The molecule has 16 heavy (non-hydrogen) atoms. The van der Waals surface area contributed by atoms with E-state index in [1.165, 1.54) is 7.11 Å². The molecule has 90 valence electrons. The lowest BCUT2D eigenvalue weighted by Crippen LogP contribution is -2.45. The Hall–Kier alpha value is -1.34. The Morgan fingerprint density at radius 2 is 2.25 bits per heavy atom. The van der Waals surface area contributed by atoms with Crippen molar-refractivity contribution in [3.8, 4) is 12.3 Å². The Morgan fingerprint density at radius 1 is 1.69 bits per heavy atom. The van der Waals surface area contributed by atoms with Crippen molar-refractivity contribution in [1.29, 1.82) is 0 Å². The van der Waals surface area contributed by atoms with Crippen molar-refractivity contribution in [2.45, 2.75) is 26.7 Å². The molecule has 0 aromatic carbocycles. The highest BCUT2D eigenvalue weighted by molar-refractivity contribution is 6.03. The molecule has 0 saturated carbocycles. The van der Waals surface area contributed by atoms with E-state index < -0.39 is 11.4 Å². The van der Waals surface area contributed by atoms with E-state index in [4.69, 9.17) is 11.2 Å². The fourth-order valence-corrected chi connectivity index (χ4v) is 1.20. The second-order valence-corrected chi connectivity index (χ2v) is 3.61. The molecule has 0 bridgehead atoms. The lowest BCUT2D eigenvalue weighted by molar-refractivity contribution is -0.165. The zero-order valence-electron chi connectivity index (χ0n) is 10.0. The Morgan fingerprint density at radius 3 is 2.62 bits per heavy atom. The fraction of sp³-hybridized carbons (Fsp3) is 0.667. The van der Waals surface area contributed by atoms with Gasteiger partial charge in [0.25, 0.3) is 0 Å². The lowest BCUT2D eigenvalue weighted by atomic mass is 9.83. The molecule has 1 heterocycles. The van der Waals surface area contributed by atoms with Gasteiger partial charge in [-0.05, 0) is 6.92 Å². The van der Waals surface area contributed by atoms with Gasteiger partial charge in [0, 0.05) is 12.8 Å². The van der Waals surface area contributed by atoms with Crippen LogP contribution in [0.15, 0.2) is 0 Å². The molecule has 1 fully saturated rings. The number of ether oxygens (including phenoxy) is 2. The predicted molar refractivity (Wildman–Crippen MR) is 59.7 cm³/mol. The average molecular weight is 226 g/mol. The first-order chi connectivity index (χ1) is 7.52. The van der Waals surface area contributed by atoms with Gasteiger partial charge in [-0.25, -0.2) is 0 Å². The summed E-state index contributed by atoms with van der Waals surface area (Å²) in [6.45, 7) is 4.05. The van der Waals surface area contributed by atoms with Gasteiger partial charge < -0.3 is 9.47 Å². The largest absolute Gasteiger partial charge is 0.468 e. The van der Waals surface area contributed by atoms with E-state index in [1.54, 1.807) is 6.92 Å². The van der Waals surface area contributed by atoms with Gasteiger partial charge in [0.2, 0.25) is 0 Å². The van der Waals surface area contributed by atoms with Gasteiger partial charge in [-0.3, -0.25) is 9.59 Å². The van der Waals surface area contributed by atoms with Crippen LogP contribution in [0.4, 0.5) is 0 Å². The Balaban J connectivity index is 0.000000487. The summed E-state index contributed by atoms with van der Waals surface area (Å²) in [7, 11) is 1.27. The minimum absolute atomic E-state index is 0.0967. The van der Waals surface area contributed by atoms with Gasteiger partial charge in [0.1, 0.15) is 5.41 Å². The molecule has 0 radical (unpaired) electrons. The zero-order valence-corrected chi connectivity index (χ0v) is 10.0. The Kier molecular flexibility index (Phi) is 6.43. The molecule has 1 unspecified atom stereocenters. The summed E-state index contributed by atoms with van der Waals surface area (Å²) < 4.78 is 9.58. The molecule has 1 aliphatic rings. The summed E-state index contributed by atoms with van der Waals surface area (Å²) in [5.41, 5.74) is -1.08. The minimum Gasteiger partial charge on any atom is -0.468 e. The van der Waals surface area contributed by atoms with E-state index in [1.807, 2.05) is 6.92 Å². The van der Waals surface area contributed by atoms with Crippen molar-refractivity contribution in [3.63, 3.8) is 0 Å². The zero-order chi connectivity index (χ0) is 12.6.